The third-order valence-electron chi connectivity index (χ3n) is 3.79. The molecule has 0 aliphatic rings. The Labute approximate surface area is 176 Å². The van der Waals surface area contributed by atoms with Crippen LogP contribution < -0.4 is 14.8 Å². The summed E-state index contributed by atoms with van der Waals surface area (Å²) in [6.45, 7) is 2.83. The number of hydrogen-bond donors (Lipinski definition) is 1. The minimum absolute atomic E-state index is 0.268. The van der Waals surface area contributed by atoms with E-state index in [4.69, 9.17) is 9.47 Å². The molecule has 0 saturated carbocycles. The van der Waals surface area contributed by atoms with Gasteiger partial charge in [0.1, 0.15) is 17.3 Å². The zero-order valence-electron chi connectivity index (χ0n) is 15.1. The van der Waals surface area contributed by atoms with Crippen LogP contribution >= 0.6 is 22.6 Å². The Morgan fingerprint density at radius 1 is 1.11 bits per heavy atom. The SMILES string of the molecule is CCOc1ccc(Oc2cc(CNC(=O)c3ccc(F)cc3I)ccn2)cc1. The Kier molecular flexibility index (Phi) is 6.80. The first kappa shape index (κ1) is 20.1. The van der Waals surface area contributed by atoms with Crippen LogP contribution in [0.5, 0.6) is 17.4 Å². The molecular formula is C21H18FIN2O3. The molecule has 0 saturated heterocycles. The Hall–Kier alpha value is -2.68. The number of nitrogens with zero attached hydrogens (tertiary/aromatic N) is 1. The summed E-state index contributed by atoms with van der Waals surface area (Å²) >= 11 is 1.94. The van der Waals surface area contributed by atoms with Gasteiger partial charge in [0.2, 0.25) is 5.88 Å². The fraction of sp³-hybridized carbons (Fsp3) is 0.143. The lowest BCUT2D eigenvalue weighted by Crippen LogP contribution is -2.23. The summed E-state index contributed by atoms with van der Waals surface area (Å²) in [7, 11) is 0. The summed E-state index contributed by atoms with van der Waals surface area (Å²) in [4.78, 5) is 16.5. The Morgan fingerprint density at radius 2 is 1.86 bits per heavy atom. The van der Waals surface area contributed by atoms with Gasteiger partial charge < -0.3 is 14.8 Å². The second kappa shape index (κ2) is 9.50. The monoisotopic (exact) mass is 492 g/mol. The molecule has 0 spiro atoms. The molecule has 0 atom stereocenters. The van der Waals surface area contributed by atoms with Gasteiger partial charge in [-0.25, -0.2) is 9.37 Å². The summed E-state index contributed by atoms with van der Waals surface area (Å²) < 4.78 is 24.9. The van der Waals surface area contributed by atoms with Crippen LogP contribution in [0.1, 0.15) is 22.8 Å². The number of hydrogen-bond acceptors (Lipinski definition) is 4. The molecule has 144 valence electrons. The van der Waals surface area contributed by atoms with Gasteiger partial charge in [0.25, 0.3) is 5.91 Å². The highest BCUT2D eigenvalue weighted by molar-refractivity contribution is 14.1. The first-order chi connectivity index (χ1) is 13.5. The van der Waals surface area contributed by atoms with Crippen molar-refractivity contribution >= 4 is 28.5 Å². The van der Waals surface area contributed by atoms with Gasteiger partial charge in [0.15, 0.2) is 0 Å². The van der Waals surface area contributed by atoms with Gasteiger partial charge in [0.05, 0.1) is 12.2 Å². The Morgan fingerprint density at radius 3 is 2.57 bits per heavy atom. The van der Waals surface area contributed by atoms with E-state index in [-0.39, 0.29) is 11.7 Å². The number of nitrogens with one attached hydrogen (secondary N) is 1. The molecule has 0 fully saturated rings. The van der Waals surface area contributed by atoms with Crippen molar-refractivity contribution in [3.63, 3.8) is 0 Å². The molecule has 1 heterocycles. The largest absolute Gasteiger partial charge is 0.494 e. The van der Waals surface area contributed by atoms with E-state index in [1.54, 1.807) is 30.5 Å². The lowest BCUT2D eigenvalue weighted by atomic mass is 10.2. The van der Waals surface area contributed by atoms with E-state index in [9.17, 15) is 9.18 Å². The molecule has 28 heavy (non-hydrogen) atoms. The van der Waals surface area contributed by atoms with E-state index in [1.165, 1.54) is 18.2 Å². The van der Waals surface area contributed by atoms with Crippen LogP contribution in [0.2, 0.25) is 0 Å². The van der Waals surface area contributed by atoms with E-state index in [0.717, 1.165) is 11.3 Å². The normalized spacial score (nSPS) is 10.4. The number of benzene rings is 2. The van der Waals surface area contributed by atoms with Crippen molar-refractivity contribution < 1.29 is 18.7 Å². The second-order valence-electron chi connectivity index (χ2n) is 5.82. The minimum atomic E-state index is -0.369. The van der Waals surface area contributed by atoms with Gasteiger partial charge in [-0.1, -0.05) is 0 Å². The summed E-state index contributed by atoms with van der Waals surface area (Å²) in [5.41, 5.74) is 1.27. The Balaban J connectivity index is 1.62. The molecule has 0 unspecified atom stereocenters. The van der Waals surface area contributed by atoms with Crippen molar-refractivity contribution in [3.8, 4) is 17.4 Å². The van der Waals surface area contributed by atoms with Gasteiger partial charge in [-0.05, 0) is 83.6 Å². The van der Waals surface area contributed by atoms with E-state index < -0.39 is 0 Å². The average molecular weight is 492 g/mol. The van der Waals surface area contributed by atoms with Gasteiger partial charge >= 0.3 is 0 Å². The van der Waals surface area contributed by atoms with E-state index in [2.05, 4.69) is 10.3 Å². The molecule has 0 aliphatic heterocycles. The molecule has 1 aromatic heterocycles. The van der Waals surface area contributed by atoms with Crippen molar-refractivity contribution in [2.75, 3.05) is 6.61 Å². The zero-order chi connectivity index (χ0) is 19.9. The number of carbonyl (C=O) groups excluding carboxylic acids is 1. The van der Waals surface area contributed by atoms with E-state index in [0.29, 0.717) is 33.9 Å². The van der Waals surface area contributed by atoms with Crippen molar-refractivity contribution in [1.29, 1.82) is 0 Å². The highest BCUT2D eigenvalue weighted by atomic mass is 127. The minimum Gasteiger partial charge on any atom is -0.494 e. The fourth-order valence-corrected chi connectivity index (χ4v) is 3.18. The highest BCUT2D eigenvalue weighted by Gasteiger charge is 2.11. The average Bonchev–Trinajstić information content (AvgIpc) is 2.68. The lowest BCUT2D eigenvalue weighted by molar-refractivity contribution is 0.0950. The van der Waals surface area contributed by atoms with Gasteiger partial charge in [0, 0.05) is 22.4 Å². The first-order valence-electron chi connectivity index (χ1n) is 8.64. The van der Waals surface area contributed by atoms with Crippen LogP contribution in [0, 0.1) is 9.39 Å². The molecule has 1 amide bonds. The van der Waals surface area contributed by atoms with Crippen LogP contribution in [0.25, 0.3) is 0 Å². The number of ether oxygens (including phenoxy) is 2. The van der Waals surface area contributed by atoms with Gasteiger partial charge in [-0.3, -0.25) is 4.79 Å². The maximum atomic E-state index is 13.2. The van der Waals surface area contributed by atoms with Gasteiger partial charge in [-0.2, -0.15) is 0 Å². The maximum absolute atomic E-state index is 13.2. The predicted octanol–water partition coefficient (Wildman–Crippen LogP) is 4.95. The molecular weight excluding hydrogens is 474 g/mol. The second-order valence-corrected chi connectivity index (χ2v) is 6.98. The van der Waals surface area contributed by atoms with Crippen LogP contribution in [0.3, 0.4) is 0 Å². The fourth-order valence-electron chi connectivity index (χ4n) is 2.46. The number of pyridine rings is 1. The van der Waals surface area contributed by atoms with Crippen LogP contribution in [-0.2, 0) is 6.54 Å². The topological polar surface area (TPSA) is 60.5 Å². The summed E-state index contributed by atoms with van der Waals surface area (Å²) in [5, 5.41) is 2.82. The standard InChI is InChI=1S/C21H18FIN2O3/c1-2-27-16-4-6-17(7-5-16)28-20-11-14(9-10-24-20)13-25-21(26)18-8-3-15(22)12-19(18)23/h3-12H,2,13H2,1H3,(H,25,26). The van der Waals surface area contributed by atoms with Crippen molar-refractivity contribution in [2.24, 2.45) is 0 Å². The third-order valence-corrected chi connectivity index (χ3v) is 4.68. The maximum Gasteiger partial charge on any atom is 0.252 e. The van der Waals surface area contributed by atoms with Crippen molar-refractivity contribution in [3.05, 3.63) is 81.3 Å². The van der Waals surface area contributed by atoms with Crippen LogP contribution in [0.4, 0.5) is 4.39 Å². The van der Waals surface area contributed by atoms with E-state index in [1.807, 2.05) is 41.6 Å². The number of carbonyl (C=O) groups is 1. The molecule has 3 aromatic rings. The summed E-state index contributed by atoms with van der Waals surface area (Å²) in [6.07, 6.45) is 1.62. The third kappa shape index (κ3) is 5.41. The van der Waals surface area contributed by atoms with E-state index >= 15 is 0 Å². The molecule has 0 radical (unpaired) electrons. The number of rotatable bonds is 7. The van der Waals surface area contributed by atoms with Crippen molar-refractivity contribution in [1.82, 2.24) is 10.3 Å². The van der Waals surface area contributed by atoms with Crippen LogP contribution in [-0.4, -0.2) is 17.5 Å². The molecule has 3 rings (SSSR count). The zero-order valence-corrected chi connectivity index (χ0v) is 17.3. The molecule has 2 aromatic carbocycles. The highest BCUT2D eigenvalue weighted by Crippen LogP contribution is 2.23. The first-order valence-corrected chi connectivity index (χ1v) is 9.72. The van der Waals surface area contributed by atoms with Crippen LogP contribution in [0.15, 0.2) is 60.8 Å². The molecule has 5 nitrogen and oxygen atoms in total. The Bertz CT molecular complexity index is 964. The quantitative estimate of drug-likeness (QED) is 0.475. The molecule has 7 heteroatoms. The van der Waals surface area contributed by atoms with Gasteiger partial charge in [-0.15, -0.1) is 0 Å². The number of halogens is 2. The molecule has 1 N–H and O–H groups in total. The van der Waals surface area contributed by atoms with Crippen molar-refractivity contribution in [2.45, 2.75) is 13.5 Å². The predicted molar refractivity (Wildman–Crippen MR) is 112 cm³/mol. The number of aromatic nitrogens is 1. The summed E-state index contributed by atoms with van der Waals surface area (Å²) in [5.74, 6) is 1.20. The molecule has 0 bridgehead atoms. The summed E-state index contributed by atoms with van der Waals surface area (Å²) in [6, 6.07) is 14.9. The molecule has 0 aliphatic carbocycles. The number of amides is 1. The lowest BCUT2D eigenvalue weighted by Gasteiger charge is -2.09. The smallest absolute Gasteiger partial charge is 0.252 e.